The Morgan fingerprint density at radius 3 is 2.61 bits per heavy atom. The minimum atomic E-state index is -0.00232. The normalized spacial score (nSPS) is 16.5. The first-order valence-corrected chi connectivity index (χ1v) is 11.3. The van der Waals surface area contributed by atoms with Crippen molar-refractivity contribution in [2.24, 2.45) is 0 Å². The molecule has 0 saturated carbocycles. The van der Waals surface area contributed by atoms with E-state index in [1.165, 1.54) is 11.1 Å². The maximum absolute atomic E-state index is 13.5. The van der Waals surface area contributed by atoms with E-state index in [4.69, 9.17) is 0 Å². The van der Waals surface area contributed by atoms with Crippen LogP contribution in [-0.2, 0) is 12.8 Å². The molecule has 2 heterocycles. The molecule has 31 heavy (non-hydrogen) atoms. The third-order valence-electron chi connectivity index (χ3n) is 6.19. The molecular formula is C26H31N3O2. The third kappa shape index (κ3) is 4.88. The van der Waals surface area contributed by atoms with E-state index in [1.54, 1.807) is 4.68 Å². The maximum Gasteiger partial charge on any atom is 0.274 e. The largest absolute Gasteiger partial charge is 0.396 e. The second kappa shape index (κ2) is 9.92. The first-order chi connectivity index (χ1) is 15.2. The van der Waals surface area contributed by atoms with E-state index in [-0.39, 0.29) is 12.5 Å². The number of para-hydroxylation sites is 1. The average molecular weight is 418 g/mol. The molecule has 1 N–H and O–H groups in total. The van der Waals surface area contributed by atoms with Gasteiger partial charge in [0.2, 0.25) is 0 Å². The van der Waals surface area contributed by atoms with E-state index < -0.39 is 0 Å². The van der Waals surface area contributed by atoms with Gasteiger partial charge in [0.15, 0.2) is 5.69 Å². The summed E-state index contributed by atoms with van der Waals surface area (Å²) in [5.74, 6) is 0.359. The van der Waals surface area contributed by atoms with Gasteiger partial charge in [-0.1, -0.05) is 49.4 Å². The summed E-state index contributed by atoms with van der Waals surface area (Å²) in [6, 6.07) is 18.7. The van der Waals surface area contributed by atoms with Gasteiger partial charge in [0, 0.05) is 37.4 Å². The molecule has 0 bridgehead atoms. The number of hydrogen-bond acceptors (Lipinski definition) is 3. The van der Waals surface area contributed by atoms with Gasteiger partial charge in [0.1, 0.15) is 0 Å². The molecule has 1 saturated heterocycles. The van der Waals surface area contributed by atoms with Crippen molar-refractivity contribution in [1.29, 1.82) is 0 Å². The summed E-state index contributed by atoms with van der Waals surface area (Å²) in [6.07, 6.45) is 6.33. The Morgan fingerprint density at radius 2 is 1.90 bits per heavy atom. The number of piperidine rings is 1. The zero-order valence-electron chi connectivity index (χ0n) is 18.2. The number of nitrogens with zero attached hydrogens (tertiary/aromatic N) is 3. The van der Waals surface area contributed by atoms with Crippen molar-refractivity contribution >= 4 is 5.91 Å². The Bertz CT molecular complexity index is 995. The second-order valence-corrected chi connectivity index (χ2v) is 8.30. The lowest BCUT2D eigenvalue weighted by Gasteiger charge is -2.33. The van der Waals surface area contributed by atoms with Crippen LogP contribution in [0.2, 0.25) is 0 Å². The van der Waals surface area contributed by atoms with E-state index in [9.17, 15) is 9.90 Å². The van der Waals surface area contributed by atoms with Crippen LogP contribution in [0.1, 0.15) is 59.3 Å². The molecule has 3 aromatic rings. The molecule has 1 aliphatic rings. The molecule has 0 aliphatic carbocycles. The summed E-state index contributed by atoms with van der Waals surface area (Å²) >= 11 is 0. The molecule has 1 amide bonds. The van der Waals surface area contributed by atoms with Crippen LogP contribution in [0.4, 0.5) is 0 Å². The summed E-state index contributed by atoms with van der Waals surface area (Å²) in [7, 11) is 0. The summed E-state index contributed by atoms with van der Waals surface area (Å²) in [5, 5.41) is 14.0. The standard InChI is InChI=1S/C26H31N3O2/c1-2-20-12-14-21(15-13-20)22-8-6-16-28(18-22)26(31)25-23(9-7-17-30)19-29(27-25)24-10-4-3-5-11-24/h3-5,10-15,19,22,30H,2,6-9,16-18H2,1H3. The molecule has 1 aliphatic heterocycles. The van der Waals surface area contributed by atoms with Gasteiger partial charge in [-0.15, -0.1) is 0 Å². The third-order valence-corrected chi connectivity index (χ3v) is 6.19. The van der Waals surface area contributed by atoms with Crippen molar-refractivity contribution < 1.29 is 9.90 Å². The predicted octanol–water partition coefficient (Wildman–Crippen LogP) is 4.38. The van der Waals surface area contributed by atoms with Gasteiger partial charge in [-0.3, -0.25) is 4.79 Å². The SMILES string of the molecule is CCc1ccc(C2CCCN(C(=O)c3nn(-c4ccccc4)cc3CCCO)C2)cc1. The molecule has 0 radical (unpaired) electrons. The Hall–Kier alpha value is -2.92. The zero-order chi connectivity index (χ0) is 21.6. The molecule has 1 aromatic heterocycles. The number of aliphatic hydroxyl groups is 1. The van der Waals surface area contributed by atoms with Crippen LogP contribution in [0, 0.1) is 0 Å². The summed E-state index contributed by atoms with van der Waals surface area (Å²) in [6.45, 7) is 3.75. The smallest absolute Gasteiger partial charge is 0.274 e. The highest BCUT2D eigenvalue weighted by molar-refractivity contribution is 5.94. The van der Waals surface area contributed by atoms with Crippen LogP contribution in [-0.4, -0.2) is 45.4 Å². The van der Waals surface area contributed by atoms with Gasteiger partial charge in [-0.25, -0.2) is 4.68 Å². The number of aliphatic hydroxyl groups excluding tert-OH is 1. The fourth-order valence-electron chi connectivity index (χ4n) is 4.36. The zero-order valence-corrected chi connectivity index (χ0v) is 18.2. The van der Waals surface area contributed by atoms with Crippen molar-refractivity contribution in [1.82, 2.24) is 14.7 Å². The van der Waals surface area contributed by atoms with Crippen molar-refractivity contribution in [3.8, 4) is 5.69 Å². The minimum Gasteiger partial charge on any atom is -0.396 e. The first-order valence-electron chi connectivity index (χ1n) is 11.3. The summed E-state index contributed by atoms with van der Waals surface area (Å²) < 4.78 is 1.78. The van der Waals surface area contributed by atoms with Crippen LogP contribution in [0.25, 0.3) is 5.69 Å². The number of hydrogen-bond donors (Lipinski definition) is 1. The molecule has 4 rings (SSSR count). The molecule has 1 unspecified atom stereocenters. The van der Waals surface area contributed by atoms with Crippen LogP contribution < -0.4 is 0 Å². The number of likely N-dealkylation sites (tertiary alicyclic amines) is 1. The molecule has 1 fully saturated rings. The molecule has 1 atom stereocenters. The fraction of sp³-hybridized carbons (Fsp3) is 0.385. The number of rotatable bonds is 7. The van der Waals surface area contributed by atoms with Gasteiger partial charge < -0.3 is 10.0 Å². The number of aryl methyl sites for hydroxylation is 2. The van der Waals surface area contributed by atoms with Crippen LogP contribution in [0.3, 0.4) is 0 Å². The second-order valence-electron chi connectivity index (χ2n) is 8.30. The number of carbonyl (C=O) groups excluding carboxylic acids is 1. The quantitative estimate of drug-likeness (QED) is 0.621. The minimum absolute atomic E-state index is 0.00232. The average Bonchev–Trinajstić information content (AvgIpc) is 3.27. The van der Waals surface area contributed by atoms with Crippen LogP contribution in [0.5, 0.6) is 0 Å². The fourth-order valence-corrected chi connectivity index (χ4v) is 4.36. The molecule has 2 aromatic carbocycles. The first kappa shape index (κ1) is 21.3. The summed E-state index contributed by atoms with van der Waals surface area (Å²) in [5.41, 5.74) is 4.99. The Labute approximate surface area is 184 Å². The van der Waals surface area contributed by atoms with Crippen LogP contribution in [0.15, 0.2) is 60.8 Å². The monoisotopic (exact) mass is 417 g/mol. The Kier molecular flexibility index (Phi) is 6.82. The molecule has 5 nitrogen and oxygen atoms in total. The van der Waals surface area contributed by atoms with Crippen LogP contribution >= 0.6 is 0 Å². The van der Waals surface area contributed by atoms with E-state index in [2.05, 4.69) is 36.3 Å². The highest BCUT2D eigenvalue weighted by atomic mass is 16.3. The number of carbonyl (C=O) groups is 1. The number of benzene rings is 2. The highest BCUT2D eigenvalue weighted by Crippen LogP contribution is 2.28. The van der Waals surface area contributed by atoms with Crippen molar-refractivity contribution in [2.45, 2.75) is 44.9 Å². The van der Waals surface area contributed by atoms with Gasteiger partial charge >= 0.3 is 0 Å². The van der Waals surface area contributed by atoms with Crippen molar-refractivity contribution in [3.05, 3.63) is 83.2 Å². The van der Waals surface area contributed by atoms with E-state index in [1.807, 2.05) is 41.4 Å². The van der Waals surface area contributed by atoms with Gasteiger partial charge in [0.05, 0.1) is 5.69 Å². The lowest BCUT2D eigenvalue weighted by Crippen LogP contribution is -2.39. The van der Waals surface area contributed by atoms with Gasteiger partial charge in [-0.2, -0.15) is 5.10 Å². The number of amides is 1. The Morgan fingerprint density at radius 1 is 1.13 bits per heavy atom. The van der Waals surface area contributed by atoms with Crippen molar-refractivity contribution in [3.63, 3.8) is 0 Å². The topological polar surface area (TPSA) is 58.4 Å². The predicted molar refractivity (Wildman–Crippen MR) is 123 cm³/mol. The van der Waals surface area contributed by atoms with E-state index in [0.29, 0.717) is 24.5 Å². The lowest BCUT2D eigenvalue weighted by atomic mass is 9.89. The molecule has 162 valence electrons. The van der Waals surface area contributed by atoms with E-state index in [0.717, 1.165) is 43.6 Å². The van der Waals surface area contributed by atoms with E-state index >= 15 is 0 Å². The van der Waals surface area contributed by atoms with Gasteiger partial charge in [-0.05, 0) is 55.4 Å². The lowest BCUT2D eigenvalue weighted by molar-refractivity contribution is 0.0699. The van der Waals surface area contributed by atoms with Crippen molar-refractivity contribution in [2.75, 3.05) is 19.7 Å². The highest BCUT2D eigenvalue weighted by Gasteiger charge is 2.28. The van der Waals surface area contributed by atoms with Gasteiger partial charge in [0.25, 0.3) is 5.91 Å². The molecule has 5 heteroatoms. The molecule has 0 spiro atoms. The summed E-state index contributed by atoms with van der Waals surface area (Å²) in [4.78, 5) is 15.5. The maximum atomic E-state index is 13.5. The molecular weight excluding hydrogens is 386 g/mol. The Balaban J connectivity index is 1.56. The number of aromatic nitrogens is 2.